The minimum absolute atomic E-state index is 0.821. The summed E-state index contributed by atoms with van der Waals surface area (Å²) in [6.45, 7) is 0. The Morgan fingerprint density at radius 2 is 2.36 bits per heavy atom. The molecular weight excluding hydrogens is 313 g/mol. The molecular formula is C7H6IN5S. The highest BCUT2D eigenvalue weighted by atomic mass is 127. The topological polar surface area (TPSA) is 56.5 Å². The zero-order valence-electron chi connectivity index (χ0n) is 7.25. The molecule has 0 aliphatic rings. The quantitative estimate of drug-likeness (QED) is 0.618. The highest BCUT2D eigenvalue weighted by Gasteiger charge is 2.07. The van der Waals surface area contributed by atoms with Crippen LogP contribution in [0.5, 0.6) is 0 Å². The van der Waals surface area contributed by atoms with Crippen LogP contribution in [0.4, 0.5) is 0 Å². The molecule has 0 unspecified atom stereocenters. The second-order valence-electron chi connectivity index (χ2n) is 2.50. The van der Waals surface area contributed by atoms with Crippen molar-refractivity contribution in [3.8, 4) is 0 Å². The summed E-state index contributed by atoms with van der Waals surface area (Å²) in [6.07, 6.45) is 4.96. The van der Waals surface area contributed by atoms with Crippen molar-refractivity contribution < 1.29 is 0 Å². The molecule has 14 heavy (non-hydrogen) atoms. The van der Waals surface area contributed by atoms with Crippen molar-refractivity contribution in [1.29, 1.82) is 0 Å². The van der Waals surface area contributed by atoms with Crippen LogP contribution in [0.25, 0.3) is 0 Å². The zero-order valence-corrected chi connectivity index (χ0v) is 10.2. The van der Waals surface area contributed by atoms with E-state index in [-0.39, 0.29) is 0 Å². The van der Waals surface area contributed by atoms with Gasteiger partial charge in [-0.3, -0.25) is 0 Å². The molecule has 0 aliphatic heterocycles. The Morgan fingerprint density at radius 1 is 1.50 bits per heavy atom. The number of aryl methyl sites for hydroxylation is 1. The van der Waals surface area contributed by atoms with E-state index in [0.717, 1.165) is 13.8 Å². The van der Waals surface area contributed by atoms with Crippen LogP contribution >= 0.6 is 34.4 Å². The first-order chi connectivity index (χ1) is 6.77. The van der Waals surface area contributed by atoms with Gasteiger partial charge in [0.2, 0.25) is 0 Å². The fourth-order valence-corrected chi connectivity index (χ4v) is 2.16. The summed E-state index contributed by atoms with van der Waals surface area (Å²) < 4.78 is 2.86. The summed E-state index contributed by atoms with van der Waals surface area (Å²) in [5.41, 5.74) is 0. The maximum atomic E-state index is 4.16. The second kappa shape index (κ2) is 4.22. The monoisotopic (exact) mass is 319 g/mol. The Bertz CT molecular complexity index is 443. The number of aromatic nitrogens is 5. The van der Waals surface area contributed by atoms with Gasteiger partial charge < -0.3 is 4.57 Å². The average Bonchev–Trinajstić information content (AvgIpc) is 2.56. The van der Waals surface area contributed by atoms with Gasteiger partial charge >= 0.3 is 0 Å². The van der Waals surface area contributed by atoms with E-state index in [0.29, 0.717) is 0 Å². The van der Waals surface area contributed by atoms with Gasteiger partial charge in [0.15, 0.2) is 5.16 Å². The average molecular weight is 319 g/mol. The molecule has 0 saturated heterocycles. The van der Waals surface area contributed by atoms with Gasteiger partial charge in [-0.15, -0.1) is 10.2 Å². The summed E-state index contributed by atoms with van der Waals surface area (Å²) in [4.78, 5) is 8.08. The minimum Gasteiger partial charge on any atom is -0.311 e. The molecule has 0 radical (unpaired) electrons. The summed E-state index contributed by atoms with van der Waals surface area (Å²) in [5.74, 6) is 0. The molecule has 2 aromatic heterocycles. The molecule has 0 N–H and O–H groups in total. The molecule has 0 saturated carbocycles. The van der Waals surface area contributed by atoms with E-state index in [1.54, 1.807) is 12.5 Å². The number of nitrogens with zero attached hydrogens (tertiary/aromatic N) is 5. The number of hydrogen-bond donors (Lipinski definition) is 0. The van der Waals surface area contributed by atoms with Crippen LogP contribution in [0.15, 0.2) is 29.0 Å². The number of halogens is 1. The smallest absolute Gasteiger partial charge is 0.197 e. The van der Waals surface area contributed by atoms with Crippen molar-refractivity contribution in [1.82, 2.24) is 24.7 Å². The van der Waals surface area contributed by atoms with E-state index in [9.17, 15) is 0 Å². The van der Waals surface area contributed by atoms with E-state index in [1.807, 2.05) is 11.6 Å². The van der Waals surface area contributed by atoms with Crippen LogP contribution in [-0.4, -0.2) is 24.7 Å². The zero-order chi connectivity index (χ0) is 9.97. The molecule has 2 heterocycles. The summed E-state index contributed by atoms with van der Waals surface area (Å²) in [7, 11) is 1.90. The molecule has 0 aromatic carbocycles. The molecule has 0 spiro atoms. The minimum atomic E-state index is 0.821. The lowest BCUT2D eigenvalue weighted by Crippen LogP contribution is -1.92. The van der Waals surface area contributed by atoms with Gasteiger partial charge in [-0.2, -0.15) is 0 Å². The SMILES string of the molecule is Cn1cnnc1Sc1ncncc1I. The predicted octanol–water partition coefficient (Wildman–Crippen LogP) is 1.36. The largest absolute Gasteiger partial charge is 0.311 e. The van der Waals surface area contributed by atoms with Gasteiger partial charge in [0, 0.05) is 13.2 Å². The number of hydrogen-bond acceptors (Lipinski definition) is 5. The fourth-order valence-electron chi connectivity index (χ4n) is 0.828. The molecule has 2 aromatic rings. The van der Waals surface area contributed by atoms with Crippen molar-refractivity contribution in [3.63, 3.8) is 0 Å². The highest BCUT2D eigenvalue weighted by Crippen LogP contribution is 2.26. The van der Waals surface area contributed by atoms with Crippen molar-refractivity contribution in [2.75, 3.05) is 0 Å². The molecule has 5 nitrogen and oxygen atoms in total. The maximum Gasteiger partial charge on any atom is 0.197 e. The van der Waals surface area contributed by atoms with E-state index in [2.05, 4.69) is 42.8 Å². The first-order valence-electron chi connectivity index (χ1n) is 3.74. The molecule has 0 atom stereocenters. The Labute approximate surface area is 98.5 Å². The van der Waals surface area contributed by atoms with Crippen molar-refractivity contribution >= 4 is 34.4 Å². The van der Waals surface area contributed by atoms with Gasteiger partial charge in [-0.05, 0) is 34.4 Å². The van der Waals surface area contributed by atoms with E-state index in [4.69, 9.17) is 0 Å². The van der Waals surface area contributed by atoms with Gasteiger partial charge in [-0.25, -0.2) is 9.97 Å². The van der Waals surface area contributed by atoms with Crippen LogP contribution in [0, 0.1) is 3.57 Å². The standard InChI is InChI=1S/C7H6IN5S/c1-13-4-11-12-7(13)14-6-5(8)2-9-3-10-6/h2-4H,1H3. The Hall–Kier alpha value is -0.700. The van der Waals surface area contributed by atoms with Crippen LogP contribution < -0.4 is 0 Å². The molecule has 2 rings (SSSR count). The lowest BCUT2D eigenvalue weighted by Gasteiger charge is -2.00. The van der Waals surface area contributed by atoms with Crippen LogP contribution in [0.2, 0.25) is 0 Å². The van der Waals surface area contributed by atoms with Gasteiger partial charge in [0.05, 0.1) is 3.57 Å². The third-order valence-electron chi connectivity index (χ3n) is 1.49. The van der Waals surface area contributed by atoms with Crippen molar-refractivity contribution in [2.45, 2.75) is 10.2 Å². The maximum absolute atomic E-state index is 4.16. The van der Waals surface area contributed by atoms with Crippen LogP contribution in [0.1, 0.15) is 0 Å². The lowest BCUT2D eigenvalue weighted by molar-refractivity contribution is 0.786. The first-order valence-corrected chi connectivity index (χ1v) is 5.64. The molecule has 72 valence electrons. The van der Waals surface area contributed by atoms with Crippen LogP contribution in [0.3, 0.4) is 0 Å². The summed E-state index contributed by atoms with van der Waals surface area (Å²) >= 11 is 3.67. The Morgan fingerprint density at radius 3 is 3.00 bits per heavy atom. The van der Waals surface area contributed by atoms with Gasteiger partial charge in [-0.1, -0.05) is 0 Å². The van der Waals surface area contributed by atoms with Crippen molar-refractivity contribution in [2.24, 2.45) is 7.05 Å². The van der Waals surface area contributed by atoms with Gasteiger partial charge in [0.1, 0.15) is 17.7 Å². The molecule has 0 bridgehead atoms. The third kappa shape index (κ3) is 2.03. The highest BCUT2D eigenvalue weighted by molar-refractivity contribution is 14.1. The Kier molecular flexibility index (Phi) is 2.96. The third-order valence-corrected chi connectivity index (χ3v) is 3.72. The van der Waals surface area contributed by atoms with E-state index < -0.39 is 0 Å². The summed E-state index contributed by atoms with van der Waals surface area (Å²) in [6, 6.07) is 0. The fraction of sp³-hybridized carbons (Fsp3) is 0.143. The van der Waals surface area contributed by atoms with Crippen molar-refractivity contribution in [3.05, 3.63) is 22.4 Å². The molecule has 0 aliphatic carbocycles. The Balaban J connectivity index is 2.28. The normalized spacial score (nSPS) is 10.4. The van der Waals surface area contributed by atoms with Gasteiger partial charge in [0.25, 0.3) is 0 Å². The second-order valence-corrected chi connectivity index (χ2v) is 4.62. The van der Waals surface area contributed by atoms with Crippen LogP contribution in [-0.2, 0) is 7.05 Å². The molecule has 0 fully saturated rings. The molecule has 0 amide bonds. The predicted molar refractivity (Wildman–Crippen MR) is 59.9 cm³/mol. The lowest BCUT2D eigenvalue weighted by atomic mass is 10.7. The summed E-state index contributed by atoms with van der Waals surface area (Å²) in [5, 5.41) is 9.48. The van der Waals surface area contributed by atoms with E-state index >= 15 is 0 Å². The first kappa shape index (κ1) is 9.84. The van der Waals surface area contributed by atoms with E-state index in [1.165, 1.54) is 18.1 Å². The molecule has 7 heteroatoms. The number of rotatable bonds is 2.